The summed E-state index contributed by atoms with van der Waals surface area (Å²) >= 11 is 3.28. The van der Waals surface area contributed by atoms with Crippen LogP contribution in [0.5, 0.6) is 5.75 Å². The van der Waals surface area contributed by atoms with Crippen molar-refractivity contribution in [2.45, 2.75) is 37.3 Å². The Labute approximate surface area is 142 Å². The molecule has 0 aliphatic carbocycles. The Bertz CT molecular complexity index is 479. The van der Waals surface area contributed by atoms with Crippen LogP contribution in [0.4, 0.5) is 0 Å². The van der Waals surface area contributed by atoms with Crippen molar-refractivity contribution >= 4 is 21.7 Å². The van der Waals surface area contributed by atoms with Crippen molar-refractivity contribution in [1.82, 2.24) is 0 Å². The van der Waals surface area contributed by atoms with Crippen molar-refractivity contribution in [2.24, 2.45) is 0 Å². The van der Waals surface area contributed by atoms with E-state index in [0.717, 1.165) is 4.47 Å². The van der Waals surface area contributed by atoms with Crippen LogP contribution >= 0.6 is 15.9 Å². The van der Waals surface area contributed by atoms with Crippen molar-refractivity contribution in [3.8, 4) is 5.75 Å². The summed E-state index contributed by atoms with van der Waals surface area (Å²) in [5.74, 6) is 0.250. The summed E-state index contributed by atoms with van der Waals surface area (Å²) in [6, 6.07) is 6.94. The fourth-order valence-electron chi connectivity index (χ4n) is 1.81. The molecule has 1 aromatic rings. The molecule has 8 heteroatoms. The van der Waals surface area contributed by atoms with E-state index >= 15 is 0 Å². The van der Waals surface area contributed by atoms with Crippen LogP contribution in [0, 0.1) is 0 Å². The molecule has 5 N–H and O–H groups in total. The van der Waals surface area contributed by atoms with Gasteiger partial charge in [-0.3, -0.25) is 4.79 Å². The zero-order chi connectivity index (χ0) is 17.4. The number of ether oxygens (including phenoxy) is 1. The van der Waals surface area contributed by atoms with Crippen LogP contribution in [0.1, 0.15) is 12.8 Å². The van der Waals surface area contributed by atoms with Gasteiger partial charge in [0.1, 0.15) is 30.7 Å². The highest BCUT2D eigenvalue weighted by molar-refractivity contribution is 9.10. The molecule has 0 saturated carbocycles. The molecule has 0 bridgehead atoms. The number of halogens is 1. The second-order valence-corrected chi connectivity index (χ2v) is 6.03. The summed E-state index contributed by atoms with van der Waals surface area (Å²) in [4.78, 5) is 11.7. The van der Waals surface area contributed by atoms with Gasteiger partial charge in [0.25, 0.3) is 0 Å². The first-order valence-electron chi connectivity index (χ1n) is 7.08. The van der Waals surface area contributed by atoms with E-state index in [0.29, 0.717) is 5.75 Å². The maximum Gasteiger partial charge on any atom is 0.170 e. The van der Waals surface area contributed by atoms with Gasteiger partial charge in [0, 0.05) is 10.9 Å². The van der Waals surface area contributed by atoms with E-state index < -0.39 is 31.0 Å². The fraction of sp³-hybridized carbons (Fsp3) is 0.533. The fourth-order valence-corrected chi connectivity index (χ4v) is 2.07. The summed E-state index contributed by atoms with van der Waals surface area (Å²) in [5, 5.41) is 46.6. The lowest BCUT2D eigenvalue weighted by atomic mass is 9.99. The van der Waals surface area contributed by atoms with Crippen LogP contribution in [0.25, 0.3) is 0 Å². The van der Waals surface area contributed by atoms with Gasteiger partial charge in [0.05, 0.1) is 12.7 Å². The Morgan fingerprint density at radius 1 is 1.04 bits per heavy atom. The van der Waals surface area contributed by atoms with Gasteiger partial charge in [-0.1, -0.05) is 15.9 Å². The van der Waals surface area contributed by atoms with Gasteiger partial charge >= 0.3 is 0 Å². The minimum atomic E-state index is -1.69. The van der Waals surface area contributed by atoms with E-state index in [2.05, 4.69) is 15.9 Å². The molecule has 0 radical (unpaired) electrons. The lowest BCUT2D eigenvalue weighted by Gasteiger charge is -2.25. The van der Waals surface area contributed by atoms with Crippen molar-refractivity contribution in [3.05, 3.63) is 28.7 Å². The van der Waals surface area contributed by atoms with Crippen LogP contribution in [0.15, 0.2) is 28.7 Å². The molecule has 0 saturated heterocycles. The van der Waals surface area contributed by atoms with Gasteiger partial charge in [-0.25, -0.2) is 0 Å². The first-order valence-corrected chi connectivity index (χ1v) is 7.87. The largest absolute Gasteiger partial charge is 0.486 e. The predicted molar refractivity (Wildman–Crippen MR) is 85.0 cm³/mol. The SMILES string of the molecule is O=C(CC[C@@H](O)[C@H](O)[C@@H](O)[C@@H](O)CO)COc1ccc(Br)cc1. The number of rotatable bonds is 10. The van der Waals surface area contributed by atoms with Crippen LogP contribution < -0.4 is 4.74 Å². The van der Waals surface area contributed by atoms with Crippen molar-refractivity contribution in [1.29, 1.82) is 0 Å². The normalized spacial score (nSPS) is 16.4. The van der Waals surface area contributed by atoms with Crippen molar-refractivity contribution in [2.75, 3.05) is 13.2 Å². The molecule has 0 spiro atoms. The average molecular weight is 393 g/mol. The number of carbonyl (C=O) groups is 1. The van der Waals surface area contributed by atoms with Crippen molar-refractivity contribution < 1.29 is 35.1 Å². The molecule has 0 amide bonds. The summed E-state index contributed by atoms with van der Waals surface area (Å²) in [6.07, 6.45) is -6.46. The van der Waals surface area contributed by atoms with Crippen LogP contribution in [0.2, 0.25) is 0 Å². The summed E-state index contributed by atoms with van der Waals surface area (Å²) in [6.45, 7) is -0.919. The van der Waals surface area contributed by atoms with E-state index in [4.69, 9.17) is 9.84 Å². The number of hydrogen-bond acceptors (Lipinski definition) is 7. The van der Waals surface area contributed by atoms with Gasteiger partial charge in [-0.2, -0.15) is 0 Å². The van der Waals surface area contributed by atoms with Gasteiger partial charge < -0.3 is 30.3 Å². The number of aliphatic hydroxyl groups excluding tert-OH is 5. The first kappa shape index (κ1) is 20.0. The Morgan fingerprint density at radius 2 is 1.61 bits per heavy atom. The number of Topliss-reactive ketones (excluding diaryl/α,β-unsaturated/α-hetero) is 1. The molecule has 7 nitrogen and oxygen atoms in total. The van der Waals surface area contributed by atoms with Crippen LogP contribution in [-0.2, 0) is 4.79 Å². The van der Waals surface area contributed by atoms with Crippen LogP contribution in [0.3, 0.4) is 0 Å². The third-order valence-electron chi connectivity index (χ3n) is 3.26. The van der Waals surface area contributed by atoms with E-state index in [1.165, 1.54) is 0 Å². The molecule has 0 aliphatic rings. The molecule has 1 aromatic carbocycles. The Kier molecular flexibility index (Phi) is 8.67. The maximum atomic E-state index is 11.7. The maximum absolute atomic E-state index is 11.7. The molecule has 0 heterocycles. The standard InChI is InChI=1S/C15H21BrO7/c16-9-1-4-11(5-2-9)23-8-10(18)3-6-12(19)14(21)15(22)13(20)7-17/h1-2,4-5,12-15,17,19-22H,3,6-8H2/t12-,13+,14+,15+/m1/s1. The van der Waals surface area contributed by atoms with E-state index in [1.807, 2.05) is 0 Å². The molecule has 1 rings (SSSR count). The van der Waals surface area contributed by atoms with Gasteiger partial charge in [-0.15, -0.1) is 0 Å². The lowest BCUT2D eigenvalue weighted by Crippen LogP contribution is -2.45. The highest BCUT2D eigenvalue weighted by Gasteiger charge is 2.30. The third kappa shape index (κ3) is 6.94. The molecule has 0 aromatic heterocycles. The van der Waals surface area contributed by atoms with E-state index in [9.17, 15) is 25.2 Å². The first-order chi connectivity index (χ1) is 10.8. The second-order valence-electron chi connectivity index (χ2n) is 5.12. The van der Waals surface area contributed by atoms with Gasteiger partial charge in [0.15, 0.2) is 5.78 Å². The molecular formula is C15H21BrO7. The quantitative estimate of drug-likeness (QED) is 0.367. The zero-order valence-electron chi connectivity index (χ0n) is 12.4. The summed E-state index contributed by atoms with van der Waals surface area (Å²) in [5.41, 5.74) is 0. The van der Waals surface area contributed by atoms with Crippen molar-refractivity contribution in [3.63, 3.8) is 0 Å². The van der Waals surface area contributed by atoms with Gasteiger partial charge in [-0.05, 0) is 30.7 Å². The minimum Gasteiger partial charge on any atom is -0.486 e. The average Bonchev–Trinajstić information content (AvgIpc) is 2.56. The summed E-state index contributed by atoms with van der Waals surface area (Å²) < 4.78 is 6.17. The monoisotopic (exact) mass is 392 g/mol. The molecule has 130 valence electrons. The highest BCUT2D eigenvalue weighted by atomic mass is 79.9. The van der Waals surface area contributed by atoms with Gasteiger partial charge in [0.2, 0.25) is 0 Å². The predicted octanol–water partition coefficient (Wildman–Crippen LogP) is -0.387. The minimum absolute atomic E-state index is 0.0588. The number of benzene rings is 1. The number of carbonyl (C=O) groups excluding carboxylic acids is 1. The number of hydrogen-bond donors (Lipinski definition) is 5. The number of ketones is 1. The molecule has 0 unspecified atom stereocenters. The Hall–Kier alpha value is -1.03. The zero-order valence-corrected chi connectivity index (χ0v) is 14.0. The summed E-state index contributed by atoms with van der Waals surface area (Å²) in [7, 11) is 0. The Morgan fingerprint density at radius 3 is 2.17 bits per heavy atom. The molecule has 4 atom stereocenters. The van der Waals surface area contributed by atoms with E-state index in [-0.39, 0.29) is 25.2 Å². The third-order valence-corrected chi connectivity index (χ3v) is 3.79. The topological polar surface area (TPSA) is 127 Å². The smallest absolute Gasteiger partial charge is 0.170 e. The Balaban J connectivity index is 2.33. The highest BCUT2D eigenvalue weighted by Crippen LogP contribution is 2.16. The lowest BCUT2D eigenvalue weighted by molar-refractivity contribution is -0.126. The molecule has 0 fully saturated rings. The van der Waals surface area contributed by atoms with Crippen LogP contribution in [-0.4, -0.2) is 68.9 Å². The molecule has 0 aliphatic heterocycles. The molecular weight excluding hydrogens is 372 g/mol. The molecule has 23 heavy (non-hydrogen) atoms. The van der Waals surface area contributed by atoms with E-state index in [1.54, 1.807) is 24.3 Å². The second kappa shape index (κ2) is 9.96. The number of aliphatic hydroxyl groups is 5.